The fourth-order valence-corrected chi connectivity index (χ4v) is 3.07. The molecule has 1 fully saturated rings. The van der Waals surface area contributed by atoms with Crippen LogP contribution in [0.15, 0.2) is 22.5 Å². The van der Waals surface area contributed by atoms with Gasteiger partial charge in [0.15, 0.2) is 0 Å². The van der Waals surface area contributed by atoms with Crippen molar-refractivity contribution in [2.24, 2.45) is 4.99 Å². The van der Waals surface area contributed by atoms with Crippen molar-refractivity contribution >= 4 is 36.0 Å². The standard InChI is InChI=1S/C13H17BN2O6S/c17-7-15-12(9-2-1-5-23-9)13(20)16-10-4-3-8(6-11(18)19)22-14(10)21/h1-2,5,8,10,17,21H,3-4,6-7H2,(H,16,20)(H,18,19)/t8-,10-/m0/s1. The number of aliphatic hydroxyl groups excluding tert-OH is 1. The molecule has 0 aromatic carbocycles. The molecule has 2 heterocycles. The molecule has 0 spiro atoms. The van der Waals surface area contributed by atoms with Gasteiger partial charge in [0.25, 0.3) is 5.91 Å². The van der Waals surface area contributed by atoms with Crippen LogP contribution in [0.3, 0.4) is 0 Å². The maximum atomic E-state index is 12.3. The number of hydrogen-bond acceptors (Lipinski definition) is 7. The van der Waals surface area contributed by atoms with Crippen molar-refractivity contribution in [3.63, 3.8) is 0 Å². The molecule has 124 valence electrons. The van der Waals surface area contributed by atoms with Gasteiger partial charge in [-0.15, -0.1) is 11.3 Å². The molecule has 0 aliphatic carbocycles. The maximum Gasteiger partial charge on any atom is 0.478 e. The first kappa shape index (κ1) is 17.6. The van der Waals surface area contributed by atoms with E-state index < -0.39 is 37.8 Å². The summed E-state index contributed by atoms with van der Waals surface area (Å²) in [5.74, 6) is -2.18. The second-order valence-electron chi connectivity index (χ2n) is 5.03. The number of aliphatic hydroxyl groups is 1. The Bertz CT molecular complexity index is 579. The van der Waals surface area contributed by atoms with E-state index in [2.05, 4.69) is 10.3 Å². The zero-order chi connectivity index (χ0) is 16.8. The summed E-state index contributed by atoms with van der Waals surface area (Å²) < 4.78 is 5.21. The SMILES string of the molecule is O=C(O)C[C@@H]1CC[C@H](NC(=O)C(=NCO)c2cccs2)B(O)O1. The average molecular weight is 340 g/mol. The van der Waals surface area contributed by atoms with Crippen LogP contribution in [0.5, 0.6) is 0 Å². The monoisotopic (exact) mass is 340 g/mol. The van der Waals surface area contributed by atoms with Gasteiger partial charge in [-0.3, -0.25) is 14.6 Å². The van der Waals surface area contributed by atoms with Gasteiger partial charge in [0.05, 0.1) is 23.3 Å². The number of nitrogens with one attached hydrogen (secondary N) is 1. The zero-order valence-corrected chi connectivity index (χ0v) is 13.0. The highest BCUT2D eigenvalue weighted by Crippen LogP contribution is 2.19. The lowest BCUT2D eigenvalue weighted by molar-refractivity contribution is -0.139. The molecular weight excluding hydrogens is 323 g/mol. The van der Waals surface area contributed by atoms with E-state index in [1.54, 1.807) is 17.5 Å². The van der Waals surface area contributed by atoms with Crippen molar-refractivity contribution in [3.8, 4) is 0 Å². The molecule has 0 unspecified atom stereocenters. The van der Waals surface area contributed by atoms with Crippen LogP contribution < -0.4 is 5.32 Å². The summed E-state index contributed by atoms with van der Waals surface area (Å²) in [4.78, 5) is 27.3. The number of hydrogen-bond donors (Lipinski definition) is 4. The minimum atomic E-state index is -1.28. The van der Waals surface area contributed by atoms with E-state index in [4.69, 9.17) is 14.9 Å². The predicted octanol–water partition coefficient (Wildman–Crippen LogP) is -0.355. The largest absolute Gasteiger partial charge is 0.481 e. The van der Waals surface area contributed by atoms with Gasteiger partial charge in [0.2, 0.25) is 0 Å². The molecule has 1 aromatic heterocycles. The summed E-state index contributed by atoms with van der Waals surface area (Å²) >= 11 is 1.31. The van der Waals surface area contributed by atoms with Gasteiger partial charge in [-0.05, 0) is 24.3 Å². The molecule has 8 nitrogen and oxygen atoms in total. The van der Waals surface area contributed by atoms with E-state index in [-0.39, 0.29) is 12.1 Å². The van der Waals surface area contributed by atoms with E-state index in [1.807, 2.05) is 0 Å². The van der Waals surface area contributed by atoms with E-state index in [1.165, 1.54) is 11.3 Å². The third-order valence-electron chi connectivity index (χ3n) is 3.39. The first-order chi connectivity index (χ1) is 11.0. The molecule has 0 saturated carbocycles. The second-order valence-corrected chi connectivity index (χ2v) is 5.98. The van der Waals surface area contributed by atoms with Gasteiger partial charge in [-0.1, -0.05) is 6.07 Å². The van der Waals surface area contributed by atoms with Crippen LogP contribution in [0.2, 0.25) is 0 Å². The van der Waals surface area contributed by atoms with Gasteiger partial charge in [-0.25, -0.2) is 0 Å². The number of nitrogens with zero attached hydrogens (tertiary/aromatic N) is 1. The van der Waals surface area contributed by atoms with E-state index in [0.717, 1.165) is 0 Å². The number of rotatable bonds is 6. The van der Waals surface area contributed by atoms with Crippen molar-refractivity contribution in [2.75, 3.05) is 6.73 Å². The van der Waals surface area contributed by atoms with Crippen molar-refractivity contribution in [3.05, 3.63) is 22.4 Å². The molecule has 1 aliphatic heterocycles. The molecule has 0 radical (unpaired) electrons. The molecule has 23 heavy (non-hydrogen) atoms. The van der Waals surface area contributed by atoms with Crippen LogP contribution in [-0.2, 0) is 14.2 Å². The van der Waals surface area contributed by atoms with E-state index in [9.17, 15) is 14.6 Å². The van der Waals surface area contributed by atoms with Crippen LogP contribution in [0, 0.1) is 0 Å². The Hall–Kier alpha value is -1.75. The highest BCUT2D eigenvalue weighted by atomic mass is 32.1. The van der Waals surface area contributed by atoms with Crippen molar-refractivity contribution in [1.82, 2.24) is 5.32 Å². The van der Waals surface area contributed by atoms with Crippen molar-refractivity contribution in [2.45, 2.75) is 31.3 Å². The van der Waals surface area contributed by atoms with Gasteiger partial charge >= 0.3 is 13.1 Å². The molecule has 1 aliphatic rings. The highest BCUT2D eigenvalue weighted by molar-refractivity contribution is 7.13. The fraction of sp³-hybridized carbons (Fsp3) is 0.462. The number of carboxylic acids is 1. The Labute approximate surface area is 137 Å². The Morgan fingerprint density at radius 2 is 2.26 bits per heavy atom. The van der Waals surface area contributed by atoms with E-state index >= 15 is 0 Å². The minimum absolute atomic E-state index is 0.0855. The number of aliphatic carboxylic acids is 1. The van der Waals surface area contributed by atoms with Crippen LogP contribution in [0.25, 0.3) is 0 Å². The number of amides is 1. The molecular formula is C13H17BN2O6S. The van der Waals surface area contributed by atoms with Crippen LogP contribution in [-0.4, -0.2) is 58.7 Å². The van der Waals surface area contributed by atoms with Crippen LogP contribution in [0.1, 0.15) is 24.1 Å². The summed E-state index contributed by atoms with van der Waals surface area (Å²) in [6.45, 7) is -0.523. The summed E-state index contributed by atoms with van der Waals surface area (Å²) in [7, 11) is -1.28. The molecule has 4 N–H and O–H groups in total. The minimum Gasteiger partial charge on any atom is -0.481 e. The maximum absolute atomic E-state index is 12.3. The summed E-state index contributed by atoms with van der Waals surface area (Å²) in [6.07, 6.45) is 0.0459. The number of carbonyl (C=O) groups is 2. The lowest BCUT2D eigenvalue weighted by Gasteiger charge is -2.30. The smallest absolute Gasteiger partial charge is 0.478 e. The van der Waals surface area contributed by atoms with Gasteiger partial charge < -0.3 is 25.2 Å². The quantitative estimate of drug-likeness (QED) is 0.414. The Balaban J connectivity index is 1.97. The fourth-order valence-electron chi connectivity index (χ4n) is 2.34. The highest BCUT2D eigenvalue weighted by Gasteiger charge is 2.37. The number of thiophene rings is 1. The lowest BCUT2D eigenvalue weighted by Crippen LogP contribution is -2.54. The third-order valence-corrected chi connectivity index (χ3v) is 4.27. The van der Waals surface area contributed by atoms with Gasteiger partial charge in [-0.2, -0.15) is 0 Å². The number of carboxylic acid groups (broad SMARTS) is 1. The summed E-state index contributed by atoms with van der Waals surface area (Å²) in [6, 6.07) is 3.46. The topological polar surface area (TPSA) is 128 Å². The number of carbonyl (C=O) groups excluding carboxylic acids is 1. The number of aliphatic imine (C=N–C) groups is 1. The normalized spacial score (nSPS) is 22.0. The Morgan fingerprint density at radius 3 is 2.83 bits per heavy atom. The molecule has 1 saturated heterocycles. The van der Waals surface area contributed by atoms with Gasteiger partial charge in [0, 0.05) is 0 Å². The average Bonchev–Trinajstić information content (AvgIpc) is 3.00. The Morgan fingerprint density at radius 1 is 1.48 bits per heavy atom. The summed E-state index contributed by atoms with van der Waals surface area (Å²) in [5.41, 5.74) is 0.0855. The lowest BCUT2D eigenvalue weighted by atomic mass is 9.72. The first-order valence-electron chi connectivity index (χ1n) is 7.06. The third kappa shape index (κ3) is 4.86. The summed E-state index contributed by atoms with van der Waals surface area (Å²) in [5, 5.41) is 32.0. The van der Waals surface area contributed by atoms with Crippen molar-refractivity contribution < 1.29 is 29.5 Å². The van der Waals surface area contributed by atoms with E-state index in [0.29, 0.717) is 17.7 Å². The molecule has 2 rings (SSSR count). The van der Waals surface area contributed by atoms with Crippen LogP contribution >= 0.6 is 11.3 Å². The molecule has 1 amide bonds. The second kappa shape index (κ2) is 8.20. The predicted molar refractivity (Wildman–Crippen MR) is 84.2 cm³/mol. The molecule has 1 aromatic rings. The first-order valence-corrected chi connectivity index (χ1v) is 7.94. The van der Waals surface area contributed by atoms with Crippen LogP contribution in [0.4, 0.5) is 0 Å². The molecule has 2 atom stereocenters. The van der Waals surface area contributed by atoms with Crippen molar-refractivity contribution in [1.29, 1.82) is 0 Å². The van der Waals surface area contributed by atoms with Gasteiger partial charge in [0.1, 0.15) is 12.4 Å². The Kier molecular flexibility index (Phi) is 6.28. The molecule has 10 heteroatoms. The zero-order valence-electron chi connectivity index (χ0n) is 12.2. The molecule has 0 bridgehead atoms.